The standard InChI is InChI=1S/C10H17N3O3/c1-3-4-5-15-10(14)7-11-6-9-12-8(2)13-16-9/h11H,3-7H2,1-2H3. The normalized spacial score (nSPS) is 10.4. The van der Waals surface area contributed by atoms with E-state index in [1.165, 1.54) is 0 Å². The second kappa shape index (κ2) is 6.95. The molecule has 0 atom stereocenters. The van der Waals surface area contributed by atoms with Gasteiger partial charge in [0.05, 0.1) is 19.7 Å². The van der Waals surface area contributed by atoms with Gasteiger partial charge in [0.2, 0.25) is 5.89 Å². The molecule has 0 fully saturated rings. The molecule has 16 heavy (non-hydrogen) atoms. The predicted molar refractivity (Wildman–Crippen MR) is 56.6 cm³/mol. The molecule has 0 aliphatic rings. The fraction of sp³-hybridized carbons (Fsp3) is 0.700. The van der Waals surface area contributed by atoms with E-state index >= 15 is 0 Å². The molecule has 0 amide bonds. The molecule has 0 aliphatic carbocycles. The minimum absolute atomic E-state index is 0.158. The van der Waals surface area contributed by atoms with Crippen LogP contribution in [0.4, 0.5) is 0 Å². The predicted octanol–water partition coefficient (Wildman–Crippen LogP) is 0.811. The number of rotatable bonds is 7. The van der Waals surface area contributed by atoms with Crippen molar-refractivity contribution in [3.05, 3.63) is 11.7 Å². The number of aromatic nitrogens is 2. The van der Waals surface area contributed by atoms with Gasteiger partial charge in [0.1, 0.15) is 0 Å². The summed E-state index contributed by atoms with van der Waals surface area (Å²) in [6.07, 6.45) is 1.91. The summed E-state index contributed by atoms with van der Waals surface area (Å²) in [5, 5.41) is 6.50. The molecule has 6 nitrogen and oxygen atoms in total. The Morgan fingerprint density at radius 1 is 1.56 bits per heavy atom. The lowest BCUT2D eigenvalue weighted by Crippen LogP contribution is -2.24. The largest absolute Gasteiger partial charge is 0.465 e. The molecule has 0 saturated heterocycles. The quantitative estimate of drug-likeness (QED) is 0.548. The third kappa shape index (κ3) is 4.88. The zero-order valence-corrected chi connectivity index (χ0v) is 9.65. The number of hydrogen-bond donors (Lipinski definition) is 1. The SMILES string of the molecule is CCCCOC(=O)CNCc1nc(C)no1. The highest BCUT2D eigenvalue weighted by molar-refractivity contribution is 5.71. The summed E-state index contributed by atoms with van der Waals surface area (Å²) < 4.78 is 9.83. The molecule has 0 saturated carbocycles. The molecule has 0 radical (unpaired) electrons. The smallest absolute Gasteiger partial charge is 0.319 e. The Morgan fingerprint density at radius 3 is 3.00 bits per heavy atom. The fourth-order valence-corrected chi connectivity index (χ4v) is 1.06. The average Bonchev–Trinajstić information content (AvgIpc) is 2.65. The van der Waals surface area contributed by atoms with Gasteiger partial charge in [0.15, 0.2) is 5.82 Å². The first kappa shape index (κ1) is 12.6. The van der Waals surface area contributed by atoms with Crippen LogP contribution < -0.4 is 5.32 Å². The molecule has 0 spiro atoms. The van der Waals surface area contributed by atoms with E-state index in [1.54, 1.807) is 6.92 Å². The van der Waals surface area contributed by atoms with Crippen molar-refractivity contribution in [3.8, 4) is 0 Å². The number of nitrogens with zero attached hydrogens (tertiary/aromatic N) is 2. The number of nitrogens with one attached hydrogen (secondary N) is 1. The van der Waals surface area contributed by atoms with E-state index in [2.05, 4.69) is 15.5 Å². The van der Waals surface area contributed by atoms with E-state index in [0.29, 0.717) is 24.9 Å². The van der Waals surface area contributed by atoms with Gasteiger partial charge in [-0.25, -0.2) is 0 Å². The maximum atomic E-state index is 11.2. The van der Waals surface area contributed by atoms with Crippen LogP contribution in [0.25, 0.3) is 0 Å². The molecular weight excluding hydrogens is 210 g/mol. The lowest BCUT2D eigenvalue weighted by Gasteiger charge is -2.03. The summed E-state index contributed by atoms with van der Waals surface area (Å²) in [4.78, 5) is 15.2. The number of carbonyl (C=O) groups excluding carboxylic acids is 1. The lowest BCUT2D eigenvalue weighted by molar-refractivity contribution is -0.142. The average molecular weight is 227 g/mol. The molecule has 90 valence electrons. The summed E-state index contributed by atoms with van der Waals surface area (Å²) in [6, 6.07) is 0. The van der Waals surface area contributed by atoms with Crippen LogP contribution in [0, 0.1) is 6.92 Å². The van der Waals surface area contributed by atoms with Gasteiger partial charge in [0.25, 0.3) is 0 Å². The van der Waals surface area contributed by atoms with Gasteiger partial charge in [-0.2, -0.15) is 4.98 Å². The van der Waals surface area contributed by atoms with Crippen molar-refractivity contribution in [1.82, 2.24) is 15.5 Å². The third-order valence-electron chi connectivity index (χ3n) is 1.88. The topological polar surface area (TPSA) is 77.2 Å². The Balaban J connectivity index is 2.08. The zero-order chi connectivity index (χ0) is 11.8. The van der Waals surface area contributed by atoms with Crippen LogP contribution in [0.3, 0.4) is 0 Å². The Kier molecular flexibility index (Phi) is 5.49. The monoisotopic (exact) mass is 227 g/mol. The van der Waals surface area contributed by atoms with E-state index in [-0.39, 0.29) is 12.5 Å². The fourth-order valence-electron chi connectivity index (χ4n) is 1.06. The van der Waals surface area contributed by atoms with Crippen LogP contribution >= 0.6 is 0 Å². The lowest BCUT2D eigenvalue weighted by atomic mass is 10.4. The molecule has 6 heteroatoms. The third-order valence-corrected chi connectivity index (χ3v) is 1.88. The first-order valence-corrected chi connectivity index (χ1v) is 5.38. The van der Waals surface area contributed by atoms with Crippen LogP contribution in [0.2, 0.25) is 0 Å². The van der Waals surface area contributed by atoms with E-state index in [4.69, 9.17) is 9.26 Å². The second-order valence-corrected chi connectivity index (χ2v) is 3.41. The van der Waals surface area contributed by atoms with Gasteiger partial charge in [-0.05, 0) is 13.3 Å². The summed E-state index contributed by atoms with van der Waals surface area (Å²) in [7, 11) is 0. The molecule has 1 rings (SSSR count). The second-order valence-electron chi connectivity index (χ2n) is 3.41. The van der Waals surface area contributed by atoms with E-state index < -0.39 is 0 Å². The Labute approximate surface area is 94.4 Å². The van der Waals surface area contributed by atoms with Crippen molar-refractivity contribution in [2.75, 3.05) is 13.2 Å². The van der Waals surface area contributed by atoms with Crippen molar-refractivity contribution in [2.45, 2.75) is 33.2 Å². The van der Waals surface area contributed by atoms with E-state index in [0.717, 1.165) is 12.8 Å². The molecule has 0 aromatic carbocycles. The minimum atomic E-state index is -0.260. The maximum absolute atomic E-state index is 11.2. The highest BCUT2D eigenvalue weighted by Gasteiger charge is 2.05. The highest BCUT2D eigenvalue weighted by Crippen LogP contribution is 1.94. The summed E-state index contributed by atoms with van der Waals surface area (Å²) in [5.74, 6) is 0.797. The highest BCUT2D eigenvalue weighted by atomic mass is 16.5. The molecule has 1 aromatic heterocycles. The van der Waals surface area contributed by atoms with Crippen molar-refractivity contribution < 1.29 is 14.1 Å². The first-order chi connectivity index (χ1) is 7.72. The zero-order valence-electron chi connectivity index (χ0n) is 9.65. The minimum Gasteiger partial charge on any atom is -0.465 e. The molecule has 0 aliphatic heterocycles. The van der Waals surface area contributed by atoms with Gasteiger partial charge < -0.3 is 9.26 Å². The number of aryl methyl sites for hydroxylation is 1. The number of ether oxygens (including phenoxy) is 1. The Hall–Kier alpha value is -1.43. The number of esters is 1. The summed E-state index contributed by atoms with van der Waals surface area (Å²) >= 11 is 0. The first-order valence-electron chi connectivity index (χ1n) is 5.38. The Morgan fingerprint density at radius 2 is 2.38 bits per heavy atom. The van der Waals surface area contributed by atoms with Crippen LogP contribution in [0.1, 0.15) is 31.5 Å². The van der Waals surface area contributed by atoms with Gasteiger partial charge in [-0.3, -0.25) is 10.1 Å². The number of carbonyl (C=O) groups is 1. The number of unbranched alkanes of at least 4 members (excludes halogenated alkanes) is 1. The van der Waals surface area contributed by atoms with Crippen molar-refractivity contribution in [2.24, 2.45) is 0 Å². The van der Waals surface area contributed by atoms with Crippen LogP contribution in [0.15, 0.2) is 4.52 Å². The van der Waals surface area contributed by atoms with Gasteiger partial charge in [-0.1, -0.05) is 18.5 Å². The maximum Gasteiger partial charge on any atom is 0.319 e. The van der Waals surface area contributed by atoms with E-state index in [9.17, 15) is 4.79 Å². The number of hydrogen-bond acceptors (Lipinski definition) is 6. The molecule has 1 heterocycles. The summed E-state index contributed by atoms with van der Waals surface area (Å²) in [5.41, 5.74) is 0. The van der Waals surface area contributed by atoms with Crippen molar-refractivity contribution >= 4 is 5.97 Å². The van der Waals surface area contributed by atoms with Crippen LogP contribution in [0.5, 0.6) is 0 Å². The molecule has 1 N–H and O–H groups in total. The molecule has 0 bridgehead atoms. The van der Waals surface area contributed by atoms with Crippen molar-refractivity contribution in [3.63, 3.8) is 0 Å². The van der Waals surface area contributed by atoms with Crippen LogP contribution in [-0.4, -0.2) is 29.3 Å². The summed E-state index contributed by atoms with van der Waals surface area (Å²) in [6.45, 7) is 4.81. The molecule has 0 unspecified atom stereocenters. The molecular formula is C10H17N3O3. The van der Waals surface area contributed by atoms with Gasteiger partial charge in [-0.15, -0.1) is 0 Å². The van der Waals surface area contributed by atoms with Gasteiger partial charge >= 0.3 is 5.97 Å². The molecule has 1 aromatic rings. The van der Waals surface area contributed by atoms with Crippen LogP contribution in [-0.2, 0) is 16.1 Å². The van der Waals surface area contributed by atoms with E-state index in [1.807, 2.05) is 6.92 Å². The Bertz CT molecular complexity index is 325. The van der Waals surface area contributed by atoms with Gasteiger partial charge in [0, 0.05) is 0 Å². The van der Waals surface area contributed by atoms with Crippen molar-refractivity contribution in [1.29, 1.82) is 0 Å².